The van der Waals surface area contributed by atoms with Gasteiger partial charge >= 0.3 is 6.09 Å². The number of fused-ring (bicyclic) bond motifs is 1. The third-order valence-corrected chi connectivity index (χ3v) is 9.15. The smallest absolute Gasteiger partial charge is 0.404 e. The minimum absolute atomic E-state index is 0.129. The molecule has 1 amide bonds. The molecule has 0 fully saturated rings. The minimum atomic E-state index is -1.93. The third-order valence-electron chi connectivity index (χ3n) is 4.80. The molecule has 0 aromatic heterocycles. The molecule has 2 aromatic carbocycles. The van der Waals surface area contributed by atoms with E-state index in [1.807, 2.05) is 30.3 Å². The Hall–Kier alpha value is -2.45. The summed E-state index contributed by atoms with van der Waals surface area (Å²) in [5.41, 5.74) is 0.929. The maximum Gasteiger partial charge on any atom is 0.404 e. The van der Waals surface area contributed by atoms with E-state index < -0.39 is 14.4 Å². The lowest BCUT2D eigenvalue weighted by molar-refractivity contribution is 0.195. The molecule has 0 heterocycles. The number of benzene rings is 2. The number of carbonyl (C=O) groups is 1. The van der Waals surface area contributed by atoms with Crippen molar-refractivity contribution in [3.63, 3.8) is 0 Å². The van der Waals surface area contributed by atoms with Crippen molar-refractivity contribution < 1.29 is 14.3 Å². The number of rotatable bonds is 4. The highest BCUT2D eigenvalue weighted by atomic mass is 28.4. The van der Waals surface area contributed by atoms with Crippen LogP contribution in [0.4, 0.5) is 4.79 Å². The number of amides is 1. The first-order valence-corrected chi connectivity index (χ1v) is 11.7. The van der Waals surface area contributed by atoms with E-state index in [2.05, 4.69) is 57.1 Å². The van der Waals surface area contributed by atoms with E-state index in [1.165, 1.54) is 0 Å². The van der Waals surface area contributed by atoms with Crippen LogP contribution in [0.3, 0.4) is 0 Å². The van der Waals surface area contributed by atoms with Gasteiger partial charge in [0.1, 0.15) is 5.75 Å². The molecule has 0 bridgehead atoms. The highest BCUT2D eigenvalue weighted by Gasteiger charge is 2.39. The molecule has 0 saturated carbocycles. The van der Waals surface area contributed by atoms with Gasteiger partial charge in [0.15, 0.2) is 0 Å². The fourth-order valence-electron chi connectivity index (χ4n) is 2.29. The zero-order valence-electron chi connectivity index (χ0n) is 16.1. The van der Waals surface area contributed by atoms with Crippen LogP contribution in [0.5, 0.6) is 5.75 Å². The summed E-state index contributed by atoms with van der Waals surface area (Å²) in [6.45, 7) is 11.5. The molecule has 0 saturated heterocycles. The van der Waals surface area contributed by atoms with Crippen LogP contribution in [0.15, 0.2) is 36.4 Å². The fourth-order valence-corrected chi connectivity index (χ4v) is 3.32. The Bertz CT molecular complexity index is 857. The van der Waals surface area contributed by atoms with Crippen LogP contribution in [-0.2, 0) is 0 Å². The molecule has 2 N–H and O–H groups in total. The Morgan fingerprint density at radius 1 is 1.15 bits per heavy atom. The van der Waals surface area contributed by atoms with E-state index in [0.717, 1.165) is 22.1 Å². The van der Waals surface area contributed by atoms with Crippen molar-refractivity contribution >= 4 is 25.2 Å². The zero-order valence-corrected chi connectivity index (χ0v) is 17.1. The summed E-state index contributed by atoms with van der Waals surface area (Å²) in [5.74, 6) is 7.10. The van der Waals surface area contributed by atoms with E-state index in [0.29, 0.717) is 13.0 Å². The average Bonchev–Trinajstić information content (AvgIpc) is 2.54. The molecule has 0 radical (unpaired) electrons. The maximum atomic E-state index is 10.5. The predicted octanol–water partition coefficient (Wildman–Crippen LogP) is 5.23. The minimum Gasteiger partial charge on any atom is -0.543 e. The van der Waals surface area contributed by atoms with Gasteiger partial charge in [0.05, 0.1) is 0 Å². The molecule has 5 heteroatoms. The van der Waals surface area contributed by atoms with Gasteiger partial charge in [-0.25, -0.2) is 4.79 Å². The Kier molecular flexibility index (Phi) is 5.99. The molecule has 26 heavy (non-hydrogen) atoms. The lowest BCUT2D eigenvalue weighted by Gasteiger charge is -2.36. The molecular formula is C21H27NO3Si. The summed E-state index contributed by atoms with van der Waals surface area (Å²) >= 11 is 0. The van der Waals surface area contributed by atoms with Gasteiger partial charge in [-0.1, -0.05) is 56.9 Å². The van der Waals surface area contributed by atoms with E-state index in [1.54, 1.807) is 0 Å². The van der Waals surface area contributed by atoms with Gasteiger partial charge in [-0.05, 0) is 30.3 Å². The van der Waals surface area contributed by atoms with Crippen molar-refractivity contribution in [3.8, 4) is 17.6 Å². The Morgan fingerprint density at radius 2 is 1.81 bits per heavy atom. The normalized spacial score (nSPS) is 11.6. The largest absolute Gasteiger partial charge is 0.543 e. The van der Waals surface area contributed by atoms with Gasteiger partial charge in [-0.15, -0.1) is 0 Å². The van der Waals surface area contributed by atoms with Gasteiger partial charge in [0.25, 0.3) is 8.32 Å². The lowest BCUT2D eigenvalue weighted by Crippen LogP contribution is -2.43. The van der Waals surface area contributed by atoms with Gasteiger partial charge < -0.3 is 14.8 Å². The zero-order chi connectivity index (χ0) is 19.4. The van der Waals surface area contributed by atoms with Crippen LogP contribution in [0.2, 0.25) is 18.1 Å². The first kappa shape index (κ1) is 19.9. The first-order chi connectivity index (χ1) is 12.1. The molecule has 2 aromatic rings. The number of hydrogen-bond acceptors (Lipinski definition) is 2. The van der Waals surface area contributed by atoms with Crippen LogP contribution >= 0.6 is 0 Å². The van der Waals surface area contributed by atoms with E-state index in [-0.39, 0.29) is 5.04 Å². The van der Waals surface area contributed by atoms with E-state index in [9.17, 15) is 4.79 Å². The molecule has 0 aliphatic carbocycles. The van der Waals surface area contributed by atoms with Gasteiger partial charge in [-0.2, -0.15) is 0 Å². The number of hydrogen-bond donors (Lipinski definition) is 2. The molecule has 0 atom stereocenters. The van der Waals surface area contributed by atoms with E-state index >= 15 is 0 Å². The maximum absolute atomic E-state index is 10.5. The quantitative estimate of drug-likeness (QED) is 0.440. The molecule has 0 aliphatic rings. The van der Waals surface area contributed by atoms with Crippen molar-refractivity contribution in [3.05, 3.63) is 42.0 Å². The molecular weight excluding hydrogens is 342 g/mol. The van der Waals surface area contributed by atoms with Crippen LogP contribution < -0.4 is 9.74 Å². The van der Waals surface area contributed by atoms with Crippen molar-refractivity contribution in [1.29, 1.82) is 0 Å². The van der Waals surface area contributed by atoms with Crippen molar-refractivity contribution in [1.82, 2.24) is 5.32 Å². The van der Waals surface area contributed by atoms with E-state index in [4.69, 9.17) is 9.53 Å². The number of nitrogens with one attached hydrogen (secondary N) is 1. The second-order valence-electron chi connectivity index (χ2n) is 7.80. The summed E-state index contributed by atoms with van der Waals surface area (Å²) in [4.78, 5) is 10.5. The molecule has 0 unspecified atom stereocenters. The Labute approximate surface area is 156 Å². The standard InChI is InChI=1S/C21H27NO3Si/c1-21(2,3)26(4,5)25-19-14-13-16(10-8-9-15-22-20(23)24)17-11-6-7-12-18(17)19/h6-7,11-14,22H,9,15H2,1-5H3,(H,23,24). The molecule has 0 aliphatic heterocycles. The predicted molar refractivity (Wildman–Crippen MR) is 109 cm³/mol. The summed E-state index contributed by atoms with van der Waals surface area (Å²) in [5, 5.41) is 13.1. The highest BCUT2D eigenvalue weighted by Crippen LogP contribution is 2.39. The second-order valence-corrected chi connectivity index (χ2v) is 12.5. The monoisotopic (exact) mass is 369 g/mol. The van der Waals surface area contributed by atoms with Crippen molar-refractivity contribution in [2.75, 3.05) is 6.54 Å². The van der Waals surface area contributed by atoms with Crippen LogP contribution in [-0.4, -0.2) is 26.1 Å². The fraction of sp³-hybridized carbons (Fsp3) is 0.381. The summed E-state index contributed by atoms with van der Waals surface area (Å²) in [7, 11) is -1.93. The summed E-state index contributed by atoms with van der Waals surface area (Å²) in [6, 6.07) is 12.1. The first-order valence-electron chi connectivity index (χ1n) is 8.78. The Morgan fingerprint density at radius 3 is 2.42 bits per heavy atom. The van der Waals surface area contributed by atoms with Crippen LogP contribution in [0.25, 0.3) is 10.8 Å². The molecule has 138 valence electrons. The van der Waals surface area contributed by atoms with Gasteiger partial charge in [0.2, 0.25) is 0 Å². The number of carboxylic acid groups (broad SMARTS) is 1. The SMILES string of the molecule is CC(C)(C)[Si](C)(C)Oc1ccc(C#CCCNC(=O)O)c2ccccc12. The van der Waals surface area contributed by atoms with Gasteiger partial charge in [-0.3, -0.25) is 0 Å². The average molecular weight is 370 g/mol. The molecule has 0 spiro atoms. The van der Waals surface area contributed by atoms with Gasteiger partial charge in [0, 0.05) is 29.3 Å². The third kappa shape index (κ3) is 4.80. The Balaban J connectivity index is 2.32. The second kappa shape index (κ2) is 7.84. The highest BCUT2D eigenvalue weighted by molar-refractivity contribution is 6.74. The molecule has 2 rings (SSSR count). The molecule has 4 nitrogen and oxygen atoms in total. The summed E-state index contributed by atoms with van der Waals surface area (Å²) < 4.78 is 6.52. The topological polar surface area (TPSA) is 58.6 Å². The lowest BCUT2D eigenvalue weighted by atomic mass is 10.0. The van der Waals surface area contributed by atoms with Crippen molar-refractivity contribution in [2.45, 2.75) is 45.3 Å². The van der Waals surface area contributed by atoms with Crippen LogP contribution in [0, 0.1) is 11.8 Å². The van der Waals surface area contributed by atoms with Crippen LogP contribution in [0.1, 0.15) is 32.8 Å². The summed E-state index contributed by atoms with van der Waals surface area (Å²) in [6.07, 6.45) is -0.549. The van der Waals surface area contributed by atoms with Crippen molar-refractivity contribution in [2.24, 2.45) is 0 Å².